The molecule has 2 aromatic heterocycles. The molecule has 4 bridgehead atoms. The first-order chi connectivity index (χ1) is 22.2. The summed E-state index contributed by atoms with van der Waals surface area (Å²) in [7, 11) is 0. The van der Waals surface area contributed by atoms with Gasteiger partial charge in [-0.25, -0.2) is 9.97 Å². The van der Waals surface area contributed by atoms with Crippen molar-refractivity contribution in [1.82, 2.24) is 36.1 Å². The fourth-order valence-corrected chi connectivity index (χ4v) is 6.85. The Morgan fingerprint density at radius 3 is 2.55 bits per heavy atom. The lowest BCUT2D eigenvalue weighted by atomic mass is 9.98. The highest BCUT2D eigenvalue weighted by molar-refractivity contribution is 7.09. The molecule has 4 N–H and O–H groups in total. The van der Waals surface area contributed by atoms with Gasteiger partial charge in [-0.3, -0.25) is 19.2 Å². The molecule has 4 amide bonds. The van der Waals surface area contributed by atoms with Crippen LogP contribution in [0.25, 0.3) is 0 Å². The number of nitrogens with one attached hydrogen (secondary N) is 4. The van der Waals surface area contributed by atoms with Gasteiger partial charge >= 0.3 is 0 Å². The van der Waals surface area contributed by atoms with E-state index in [0.29, 0.717) is 43.2 Å². The topological polar surface area (TPSA) is 159 Å². The van der Waals surface area contributed by atoms with Crippen molar-refractivity contribution in [3.05, 3.63) is 69.3 Å². The number of carbonyl (C=O) groups is 4. The molecule has 0 spiro atoms. The normalized spacial score (nSPS) is 21.7. The number of nitrogens with zero attached hydrogens (tertiary/aromatic N) is 3. The average molecular weight is 686 g/mol. The van der Waals surface area contributed by atoms with E-state index >= 15 is 0 Å². The van der Waals surface area contributed by atoms with Gasteiger partial charge < -0.3 is 30.6 Å². The molecule has 2 aliphatic rings. The lowest BCUT2D eigenvalue weighted by Crippen LogP contribution is -2.46. The zero-order chi connectivity index (χ0) is 32.6. The van der Waals surface area contributed by atoms with Gasteiger partial charge in [-0.05, 0) is 44.2 Å². The Bertz CT molecular complexity index is 1520. The van der Waals surface area contributed by atoms with E-state index in [0.717, 1.165) is 24.9 Å². The largest absolute Gasteiger partial charge is 0.443 e. The molecule has 0 radical (unpaired) electrons. The Morgan fingerprint density at radius 2 is 1.83 bits per heavy atom. The Hall–Kier alpha value is -3.81. The molecule has 2 aliphatic heterocycles. The number of hydrogen-bond donors (Lipinski definition) is 4. The van der Waals surface area contributed by atoms with Gasteiger partial charge in [0.2, 0.25) is 17.7 Å². The second kappa shape index (κ2) is 16.8. The van der Waals surface area contributed by atoms with Crippen LogP contribution in [0.1, 0.15) is 94.8 Å². The van der Waals surface area contributed by atoms with E-state index < -0.39 is 18.0 Å². The number of piperidine rings is 1. The molecule has 1 aromatic carbocycles. The first-order valence-corrected chi connectivity index (χ1v) is 16.9. The number of thiazole rings is 1. The summed E-state index contributed by atoms with van der Waals surface area (Å²) in [4.78, 5) is 64.2. The molecule has 12 nitrogen and oxygen atoms in total. The number of hydrogen-bond acceptors (Lipinski definition) is 9. The van der Waals surface area contributed by atoms with Crippen LogP contribution in [0.5, 0.6) is 0 Å². The van der Waals surface area contributed by atoms with E-state index in [2.05, 4.69) is 31.2 Å². The van der Waals surface area contributed by atoms with Crippen LogP contribution in [0.2, 0.25) is 0 Å². The zero-order valence-corrected chi connectivity index (χ0v) is 28.7. The number of aryl methyl sites for hydroxylation is 1. The summed E-state index contributed by atoms with van der Waals surface area (Å²) in [5.41, 5.74) is 1.36. The number of fused-ring (bicyclic) bond motifs is 4. The van der Waals surface area contributed by atoms with Crippen molar-refractivity contribution in [2.75, 3.05) is 32.7 Å². The van der Waals surface area contributed by atoms with E-state index in [1.165, 1.54) is 11.3 Å². The third-order valence-corrected chi connectivity index (χ3v) is 9.30. The van der Waals surface area contributed by atoms with Gasteiger partial charge in [-0.2, -0.15) is 0 Å². The summed E-state index contributed by atoms with van der Waals surface area (Å²) >= 11 is 1.30. The highest BCUT2D eigenvalue weighted by Gasteiger charge is 2.30. The predicted molar refractivity (Wildman–Crippen MR) is 180 cm³/mol. The number of rotatable bonds is 4. The van der Waals surface area contributed by atoms with Gasteiger partial charge in [0.05, 0.1) is 12.0 Å². The quantitative estimate of drug-likeness (QED) is 0.323. The average Bonchev–Trinajstić information content (AvgIpc) is 3.70. The van der Waals surface area contributed by atoms with Gasteiger partial charge in [-0.1, -0.05) is 44.2 Å². The third-order valence-electron chi connectivity index (χ3n) is 8.38. The summed E-state index contributed by atoms with van der Waals surface area (Å²) in [5, 5.41) is 14.6. The van der Waals surface area contributed by atoms with Crippen LogP contribution in [-0.4, -0.2) is 71.2 Å². The maximum atomic E-state index is 13.5. The minimum Gasteiger partial charge on any atom is -0.443 e. The number of oxazole rings is 1. The summed E-state index contributed by atoms with van der Waals surface area (Å²) in [6.07, 6.45) is 2.77. The predicted octanol–water partition coefficient (Wildman–Crippen LogP) is 3.74. The summed E-state index contributed by atoms with van der Waals surface area (Å²) in [5.74, 6) is -0.553. The van der Waals surface area contributed by atoms with E-state index in [1.54, 1.807) is 17.2 Å². The summed E-state index contributed by atoms with van der Waals surface area (Å²) < 4.78 is 6.01. The van der Waals surface area contributed by atoms with E-state index in [1.807, 2.05) is 44.2 Å². The fraction of sp³-hybridized carbons (Fsp3) is 0.515. The lowest BCUT2D eigenvalue weighted by Gasteiger charge is -2.30. The molecule has 5 rings (SSSR count). The fourth-order valence-electron chi connectivity index (χ4n) is 5.83. The second-order valence-corrected chi connectivity index (χ2v) is 13.2. The number of amides is 4. The van der Waals surface area contributed by atoms with Gasteiger partial charge in [0.15, 0.2) is 5.69 Å². The number of aromatic nitrogens is 2. The van der Waals surface area contributed by atoms with Crippen molar-refractivity contribution in [2.45, 2.75) is 65.0 Å². The summed E-state index contributed by atoms with van der Waals surface area (Å²) in [6.45, 7) is 8.06. The Balaban J connectivity index is 0.00000500. The maximum absolute atomic E-state index is 13.5. The molecular weight excluding hydrogens is 642 g/mol. The molecular formula is C33H44ClN7O5S. The molecule has 1 fully saturated rings. The molecule has 1 unspecified atom stereocenters. The van der Waals surface area contributed by atoms with Crippen molar-refractivity contribution in [1.29, 1.82) is 0 Å². The molecule has 254 valence electrons. The van der Waals surface area contributed by atoms with Gasteiger partial charge in [0.25, 0.3) is 11.8 Å². The monoisotopic (exact) mass is 685 g/mol. The zero-order valence-electron chi connectivity index (χ0n) is 27.0. The van der Waals surface area contributed by atoms with Crippen molar-refractivity contribution >= 4 is 47.4 Å². The number of halogens is 1. The minimum absolute atomic E-state index is 0. The van der Waals surface area contributed by atoms with E-state index in [4.69, 9.17) is 4.42 Å². The van der Waals surface area contributed by atoms with Crippen LogP contribution < -0.4 is 21.3 Å². The highest BCUT2D eigenvalue weighted by Crippen LogP contribution is 2.27. The van der Waals surface area contributed by atoms with Gasteiger partial charge in [0.1, 0.15) is 22.5 Å². The van der Waals surface area contributed by atoms with Crippen molar-refractivity contribution in [2.24, 2.45) is 11.8 Å². The van der Waals surface area contributed by atoms with Crippen LogP contribution in [0.4, 0.5) is 0 Å². The Kier molecular flexibility index (Phi) is 12.9. The van der Waals surface area contributed by atoms with Crippen molar-refractivity contribution in [3.8, 4) is 0 Å². The number of benzene rings is 1. The Morgan fingerprint density at radius 1 is 1.04 bits per heavy atom. The van der Waals surface area contributed by atoms with Crippen LogP contribution in [0, 0.1) is 18.8 Å². The van der Waals surface area contributed by atoms with Crippen LogP contribution in [0.15, 0.2) is 40.1 Å². The molecule has 47 heavy (non-hydrogen) atoms. The second-order valence-electron chi connectivity index (χ2n) is 12.3. The maximum Gasteiger partial charge on any atom is 0.274 e. The molecule has 3 atom stereocenters. The van der Waals surface area contributed by atoms with E-state index in [9.17, 15) is 19.2 Å². The smallest absolute Gasteiger partial charge is 0.274 e. The van der Waals surface area contributed by atoms with Crippen LogP contribution >= 0.6 is 23.7 Å². The summed E-state index contributed by atoms with van der Waals surface area (Å²) in [6, 6.07) is 8.62. The molecule has 14 heteroatoms. The van der Waals surface area contributed by atoms with Gasteiger partial charge in [-0.15, -0.1) is 23.7 Å². The van der Waals surface area contributed by atoms with Crippen LogP contribution in [-0.2, 0) is 16.0 Å². The molecule has 4 heterocycles. The first kappa shape index (κ1) is 36.0. The SMILES string of the molecule is Cc1oc2nc1C(=O)NC(C(C)C)c1nc(cs1)C(=O)NCCN(C(=O)[C@@H]1CCCNC1)CCCC(=O)N[C@H]2Cc1ccccc1.Cl. The molecule has 0 saturated carbocycles. The minimum atomic E-state index is -0.607. The molecule has 0 aliphatic carbocycles. The van der Waals surface area contributed by atoms with Gasteiger partial charge in [0, 0.05) is 44.4 Å². The first-order valence-electron chi connectivity index (χ1n) is 16.0. The highest BCUT2D eigenvalue weighted by atomic mass is 35.5. The molecule has 3 aromatic rings. The molecule has 1 saturated heterocycles. The standard InChI is InChI=1S/C33H43N7O5S.ClH/c1-20(2)27-32-37-25(19-46-32)29(42)35-14-16-40(33(44)23-11-7-13-34-18-23)15-8-12-26(41)36-24(17-22-9-5-4-6-10-22)31-39-28(21(3)45-31)30(43)38-27;/h4-6,9-10,19-20,23-24,27,34H,7-8,11-18H2,1-3H3,(H,35,42)(H,36,41)(H,38,43);1H/t23-,24+,27?;/m1./s1. The lowest BCUT2D eigenvalue weighted by molar-refractivity contribution is -0.136. The van der Waals surface area contributed by atoms with Crippen molar-refractivity contribution in [3.63, 3.8) is 0 Å². The third kappa shape index (κ3) is 9.39. The van der Waals surface area contributed by atoms with Crippen LogP contribution in [0.3, 0.4) is 0 Å². The van der Waals surface area contributed by atoms with E-state index in [-0.39, 0.29) is 72.2 Å². The number of carbonyl (C=O) groups excluding carboxylic acids is 4. The Labute approximate surface area is 285 Å². The van der Waals surface area contributed by atoms with Crippen molar-refractivity contribution < 1.29 is 23.6 Å².